The highest BCUT2D eigenvalue weighted by Gasteiger charge is 2.30. The molecule has 0 aliphatic carbocycles. The maximum atomic E-state index is 12.7. The number of carbonyl (C=O) groups excluding carboxylic acids is 2. The molecular weight excluding hydrogens is 391 g/mol. The summed E-state index contributed by atoms with van der Waals surface area (Å²) in [6.07, 6.45) is -4.47. The number of amides is 1. The Labute approximate surface area is 165 Å². The molecule has 1 N–H and O–H groups in total. The van der Waals surface area contributed by atoms with Crippen molar-refractivity contribution in [1.82, 2.24) is 0 Å². The van der Waals surface area contributed by atoms with Gasteiger partial charge in [0.1, 0.15) is 5.75 Å². The van der Waals surface area contributed by atoms with E-state index < -0.39 is 17.6 Å². The molecule has 4 nitrogen and oxygen atoms in total. The summed E-state index contributed by atoms with van der Waals surface area (Å²) in [7, 11) is 0. The van der Waals surface area contributed by atoms with Gasteiger partial charge in [-0.05, 0) is 50.2 Å². The lowest BCUT2D eigenvalue weighted by atomic mass is 10.1. The molecule has 0 fully saturated rings. The summed E-state index contributed by atoms with van der Waals surface area (Å²) in [5.74, 6) is 0.623. The van der Waals surface area contributed by atoms with Gasteiger partial charge in [0.2, 0.25) is 5.91 Å². The summed E-state index contributed by atoms with van der Waals surface area (Å²) in [5.41, 5.74) is 0.605. The summed E-state index contributed by atoms with van der Waals surface area (Å²) in [4.78, 5) is 23.6. The van der Waals surface area contributed by atoms with E-state index >= 15 is 0 Å². The minimum absolute atomic E-state index is 0.0477. The van der Waals surface area contributed by atoms with Crippen LogP contribution in [0.15, 0.2) is 42.5 Å². The summed E-state index contributed by atoms with van der Waals surface area (Å²) in [6, 6.07) is 9.62. The van der Waals surface area contributed by atoms with Crippen LogP contribution >= 0.6 is 11.8 Å². The molecule has 0 bridgehead atoms. The molecule has 0 heterocycles. The van der Waals surface area contributed by atoms with Gasteiger partial charge in [0, 0.05) is 22.6 Å². The average Bonchev–Trinajstić information content (AvgIpc) is 2.62. The fraction of sp³-hybridized carbons (Fsp3) is 0.300. The molecule has 0 saturated carbocycles. The number of carbonyl (C=O) groups is 2. The van der Waals surface area contributed by atoms with Crippen molar-refractivity contribution in [2.45, 2.75) is 25.8 Å². The second-order valence-corrected chi connectivity index (χ2v) is 6.92. The summed E-state index contributed by atoms with van der Waals surface area (Å²) >= 11 is 1.28. The number of nitrogens with one attached hydrogen (secondary N) is 1. The van der Waals surface area contributed by atoms with Gasteiger partial charge in [0.05, 0.1) is 17.9 Å². The molecule has 150 valence electrons. The molecule has 2 aromatic rings. The highest BCUT2D eigenvalue weighted by Crippen LogP contribution is 2.31. The van der Waals surface area contributed by atoms with Gasteiger partial charge in [-0.2, -0.15) is 13.2 Å². The minimum Gasteiger partial charge on any atom is -0.494 e. The lowest BCUT2D eigenvalue weighted by molar-refractivity contribution is -0.137. The molecule has 0 aliphatic rings. The molecule has 0 saturated heterocycles. The van der Waals surface area contributed by atoms with Crippen LogP contribution in [0.3, 0.4) is 0 Å². The monoisotopic (exact) mass is 411 g/mol. The van der Waals surface area contributed by atoms with E-state index in [-0.39, 0.29) is 17.2 Å². The first-order chi connectivity index (χ1) is 13.2. The Balaban J connectivity index is 1.97. The van der Waals surface area contributed by atoms with Gasteiger partial charge in [-0.25, -0.2) is 0 Å². The van der Waals surface area contributed by atoms with E-state index in [2.05, 4.69) is 5.32 Å². The minimum atomic E-state index is -4.47. The van der Waals surface area contributed by atoms with Crippen molar-refractivity contribution in [3.63, 3.8) is 0 Å². The highest BCUT2D eigenvalue weighted by molar-refractivity contribution is 7.99. The Morgan fingerprint density at radius 3 is 2.54 bits per heavy atom. The summed E-state index contributed by atoms with van der Waals surface area (Å²) < 4.78 is 43.7. The van der Waals surface area contributed by atoms with E-state index in [9.17, 15) is 22.8 Å². The van der Waals surface area contributed by atoms with E-state index in [1.807, 2.05) is 6.92 Å². The van der Waals surface area contributed by atoms with Gasteiger partial charge in [0.25, 0.3) is 0 Å². The van der Waals surface area contributed by atoms with Crippen molar-refractivity contribution >= 4 is 29.1 Å². The van der Waals surface area contributed by atoms with Gasteiger partial charge in [-0.1, -0.05) is 6.07 Å². The number of halogens is 3. The molecule has 1 amide bonds. The number of alkyl halides is 3. The first kappa shape index (κ1) is 21.8. The van der Waals surface area contributed by atoms with Gasteiger partial charge in [-0.3, -0.25) is 9.59 Å². The van der Waals surface area contributed by atoms with Crippen molar-refractivity contribution in [1.29, 1.82) is 0 Å². The van der Waals surface area contributed by atoms with E-state index in [1.54, 1.807) is 18.2 Å². The van der Waals surface area contributed by atoms with Gasteiger partial charge >= 0.3 is 6.18 Å². The summed E-state index contributed by atoms with van der Waals surface area (Å²) in [6.45, 7) is 3.78. The van der Waals surface area contributed by atoms with Crippen molar-refractivity contribution in [3.05, 3.63) is 59.2 Å². The zero-order chi connectivity index (χ0) is 20.7. The van der Waals surface area contributed by atoms with E-state index in [4.69, 9.17) is 4.74 Å². The smallest absolute Gasteiger partial charge is 0.416 e. The molecule has 28 heavy (non-hydrogen) atoms. The van der Waals surface area contributed by atoms with Crippen LogP contribution in [0.2, 0.25) is 0 Å². The number of ether oxygens (including phenoxy) is 1. The molecular formula is C20H20F3NO3S. The SMILES string of the molecule is CCOc1ccc(C(C)=O)cc1CSCC(=O)Nc1cccc(C(F)(F)F)c1. The molecule has 2 aromatic carbocycles. The van der Waals surface area contributed by atoms with Crippen LogP contribution in [0.5, 0.6) is 5.75 Å². The third kappa shape index (κ3) is 6.30. The number of anilines is 1. The second-order valence-electron chi connectivity index (χ2n) is 5.93. The van der Waals surface area contributed by atoms with Crippen molar-refractivity contribution in [2.75, 3.05) is 17.7 Å². The molecule has 0 unspecified atom stereocenters. The lowest BCUT2D eigenvalue weighted by Gasteiger charge is -2.12. The summed E-state index contributed by atoms with van der Waals surface area (Å²) in [5, 5.41) is 2.46. The second kappa shape index (κ2) is 9.64. The number of benzene rings is 2. The third-order valence-electron chi connectivity index (χ3n) is 3.73. The largest absolute Gasteiger partial charge is 0.494 e. The molecule has 0 radical (unpaired) electrons. The fourth-order valence-corrected chi connectivity index (χ4v) is 3.24. The Hall–Kier alpha value is -2.48. The maximum absolute atomic E-state index is 12.7. The van der Waals surface area contributed by atoms with Crippen LogP contribution in [0.25, 0.3) is 0 Å². The first-order valence-electron chi connectivity index (χ1n) is 8.52. The zero-order valence-corrected chi connectivity index (χ0v) is 16.2. The Morgan fingerprint density at radius 2 is 1.89 bits per heavy atom. The van der Waals surface area contributed by atoms with Crippen LogP contribution in [-0.4, -0.2) is 24.1 Å². The molecule has 0 aromatic heterocycles. The molecule has 2 rings (SSSR count). The number of thioether (sulfide) groups is 1. The van der Waals surface area contributed by atoms with Crippen LogP contribution < -0.4 is 10.1 Å². The quantitative estimate of drug-likeness (QED) is 0.608. The van der Waals surface area contributed by atoms with Crippen molar-refractivity contribution < 1.29 is 27.5 Å². The maximum Gasteiger partial charge on any atom is 0.416 e. The third-order valence-corrected chi connectivity index (χ3v) is 4.71. The number of hydrogen-bond donors (Lipinski definition) is 1. The molecule has 8 heteroatoms. The lowest BCUT2D eigenvalue weighted by Crippen LogP contribution is -2.15. The Kier molecular flexibility index (Phi) is 7.51. The van der Waals surface area contributed by atoms with E-state index in [0.29, 0.717) is 23.7 Å². The Morgan fingerprint density at radius 1 is 1.14 bits per heavy atom. The van der Waals surface area contributed by atoms with Crippen LogP contribution in [0.4, 0.5) is 18.9 Å². The first-order valence-corrected chi connectivity index (χ1v) is 9.67. The van der Waals surface area contributed by atoms with E-state index in [1.165, 1.54) is 30.8 Å². The average molecular weight is 411 g/mol. The molecule has 0 spiro atoms. The van der Waals surface area contributed by atoms with E-state index in [0.717, 1.165) is 17.7 Å². The zero-order valence-electron chi connectivity index (χ0n) is 15.4. The topological polar surface area (TPSA) is 55.4 Å². The van der Waals surface area contributed by atoms with Gasteiger partial charge in [-0.15, -0.1) is 11.8 Å². The normalized spacial score (nSPS) is 11.2. The standard InChI is InChI=1S/C20H20F3NO3S/c1-3-27-18-8-7-14(13(2)25)9-15(18)11-28-12-19(26)24-17-6-4-5-16(10-17)20(21,22)23/h4-10H,3,11-12H2,1-2H3,(H,24,26). The highest BCUT2D eigenvalue weighted by atomic mass is 32.2. The predicted molar refractivity (Wildman–Crippen MR) is 104 cm³/mol. The molecule has 0 aliphatic heterocycles. The van der Waals surface area contributed by atoms with Gasteiger partial charge in [0.15, 0.2) is 5.78 Å². The molecule has 0 atom stereocenters. The number of hydrogen-bond acceptors (Lipinski definition) is 4. The predicted octanol–water partition coefficient (Wildman–Crippen LogP) is 5.18. The van der Waals surface area contributed by atoms with Crippen LogP contribution in [-0.2, 0) is 16.7 Å². The van der Waals surface area contributed by atoms with Crippen LogP contribution in [0, 0.1) is 0 Å². The fourth-order valence-electron chi connectivity index (χ4n) is 2.43. The van der Waals surface area contributed by atoms with Crippen LogP contribution in [0.1, 0.15) is 35.3 Å². The van der Waals surface area contributed by atoms with Gasteiger partial charge < -0.3 is 10.1 Å². The number of Topliss-reactive ketones (excluding diaryl/α,β-unsaturated/α-hetero) is 1. The van der Waals surface area contributed by atoms with Crippen molar-refractivity contribution in [2.24, 2.45) is 0 Å². The Bertz CT molecular complexity index is 853. The van der Waals surface area contributed by atoms with Crippen molar-refractivity contribution in [3.8, 4) is 5.75 Å². The number of ketones is 1. The number of rotatable bonds is 8.